The Labute approximate surface area is 93.5 Å². The van der Waals surface area contributed by atoms with Crippen molar-refractivity contribution in [3.63, 3.8) is 0 Å². The van der Waals surface area contributed by atoms with E-state index in [2.05, 4.69) is 0 Å². The molecule has 78 valence electrons. The van der Waals surface area contributed by atoms with Crippen molar-refractivity contribution in [1.29, 1.82) is 0 Å². The van der Waals surface area contributed by atoms with Gasteiger partial charge in [-0.1, -0.05) is 17.7 Å². The minimum absolute atomic E-state index is 0.00407. The molecule has 0 saturated heterocycles. The van der Waals surface area contributed by atoms with Gasteiger partial charge >= 0.3 is 0 Å². The van der Waals surface area contributed by atoms with E-state index in [1.165, 1.54) is 0 Å². The van der Waals surface area contributed by atoms with Gasteiger partial charge in [-0.2, -0.15) is 0 Å². The van der Waals surface area contributed by atoms with Crippen LogP contribution in [0.25, 0.3) is 0 Å². The summed E-state index contributed by atoms with van der Waals surface area (Å²) in [6.45, 7) is 2.09. The molecule has 0 fully saturated rings. The molecule has 0 heterocycles. The van der Waals surface area contributed by atoms with Crippen LogP contribution in [0.3, 0.4) is 0 Å². The molecule has 3 N–H and O–H groups in total. The van der Waals surface area contributed by atoms with Crippen LogP contribution in [0, 0.1) is 0 Å². The summed E-state index contributed by atoms with van der Waals surface area (Å²) < 4.78 is 0. The normalized spacial score (nSPS) is 12.9. The second-order valence-electron chi connectivity index (χ2n) is 3.05. The second kappa shape index (κ2) is 5.61. The minimum Gasteiger partial charge on any atom is -0.396 e. The number of rotatable bonds is 4. The number of thioether (sulfide) groups is 1. The molecule has 1 aromatic carbocycles. The number of aliphatic hydroxyl groups excluding tert-OH is 1. The highest BCUT2D eigenvalue weighted by Gasteiger charge is 2.04. The van der Waals surface area contributed by atoms with Crippen LogP contribution < -0.4 is 5.73 Å². The maximum atomic E-state index is 8.68. The van der Waals surface area contributed by atoms with Gasteiger partial charge in [0.25, 0.3) is 0 Å². The minimum atomic E-state index is 0.00407. The Balaban J connectivity index is 2.79. The molecule has 14 heavy (non-hydrogen) atoms. The van der Waals surface area contributed by atoms with Crippen molar-refractivity contribution in [3.05, 3.63) is 28.8 Å². The van der Waals surface area contributed by atoms with E-state index >= 15 is 0 Å². The van der Waals surface area contributed by atoms with E-state index < -0.39 is 0 Å². The molecule has 0 aliphatic rings. The van der Waals surface area contributed by atoms with Crippen LogP contribution >= 0.6 is 23.4 Å². The van der Waals surface area contributed by atoms with Crippen molar-refractivity contribution in [2.24, 2.45) is 5.73 Å². The van der Waals surface area contributed by atoms with E-state index in [4.69, 9.17) is 22.4 Å². The zero-order valence-corrected chi connectivity index (χ0v) is 9.61. The Morgan fingerprint density at radius 1 is 1.57 bits per heavy atom. The first-order valence-corrected chi connectivity index (χ1v) is 5.80. The van der Waals surface area contributed by atoms with Crippen molar-refractivity contribution >= 4 is 23.4 Å². The van der Waals surface area contributed by atoms with Crippen molar-refractivity contribution in [2.75, 3.05) is 12.4 Å². The van der Waals surface area contributed by atoms with E-state index in [0.29, 0.717) is 10.8 Å². The Morgan fingerprint density at radius 2 is 2.29 bits per heavy atom. The summed E-state index contributed by atoms with van der Waals surface area (Å²) >= 11 is 7.60. The fourth-order valence-corrected chi connectivity index (χ4v) is 2.10. The molecule has 1 aromatic rings. The lowest BCUT2D eigenvalue weighted by Crippen LogP contribution is -2.04. The fraction of sp³-hybridized carbons (Fsp3) is 0.400. The van der Waals surface area contributed by atoms with Gasteiger partial charge in [-0.25, -0.2) is 0 Å². The average Bonchev–Trinajstić information content (AvgIpc) is 2.15. The summed E-state index contributed by atoms with van der Waals surface area (Å²) in [5.74, 6) is 0.664. The topological polar surface area (TPSA) is 46.2 Å². The molecule has 1 atom stereocenters. The van der Waals surface area contributed by atoms with Crippen molar-refractivity contribution in [3.8, 4) is 0 Å². The SMILES string of the molecule is C[C@H](N)c1ccc(SCCO)c(Cl)c1. The van der Waals surface area contributed by atoms with Crippen LogP contribution in [0.5, 0.6) is 0 Å². The third-order valence-electron chi connectivity index (χ3n) is 1.83. The molecule has 0 aliphatic carbocycles. The zero-order valence-electron chi connectivity index (χ0n) is 8.03. The summed E-state index contributed by atoms with van der Waals surface area (Å²) in [6.07, 6.45) is 0. The quantitative estimate of drug-likeness (QED) is 0.783. The molecule has 2 nitrogen and oxygen atoms in total. The van der Waals surface area contributed by atoms with E-state index in [1.54, 1.807) is 11.8 Å². The van der Waals surface area contributed by atoms with Gasteiger partial charge < -0.3 is 10.8 Å². The lowest BCUT2D eigenvalue weighted by molar-refractivity contribution is 0.322. The summed E-state index contributed by atoms with van der Waals surface area (Å²) in [7, 11) is 0. The zero-order chi connectivity index (χ0) is 10.6. The van der Waals surface area contributed by atoms with E-state index in [1.807, 2.05) is 25.1 Å². The molecule has 0 saturated carbocycles. The highest BCUT2D eigenvalue weighted by atomic mass is 35.5. The van der Waals surface area contributed by atoms with E-state index in [0.717, 1.165) is 10.5 Å². The lowest BCUT2D eigenvalue weighted by Gasteiger charge is -2.08. The van der Waals surface area contributed by atoms with Gasteiger partial charge in [0.15, 0.2) is 0 Å². The van der Waals surface area contributed by atoms with Gasteiger partial charge in [-0.3, -0.25) is 0 Å². The summed E-state index contributed by atoms with van der Waals surface area (Å²) in [6, 6.07) is 5.80. The van der Waals surface area contributed by atoms with E-state index in [9.17, 15) is 0 Å². The Bertz CT molecular complexity index is 304. The lowest BCUT2D eigenvalue weighted by atomic mass is 10.1. The molecule has 0 radical (unpaired) electrons. The third-order valence-corrected chi connectivity index (χ3v) is 3.31. The molecule has 0 amide bonds. The van der Waals surface area contributed by atoms with E-state index in [-0.39, 0.29) is 12.6 Å². The highest BCUT2D eigenvalue weighted by molar-refractivity contribution is 7.99. The monoisotopic (exact) mass is 231 g/mol. The van der Waals surface area contributed by atoms with Crippen LogP contribution in [0.15, 0.2) is 23.1 Å². The molecule has 0 aliphatic heterocycles. The Morgan fingerprint density at radius 3 is 2.79 bits per heavy atom. The van der Waals surface area contributed by atoms with Crippen LogP contribution in [0.2, 0.25) is 5.02 Å². The van der Waals surface area contributed by atoms with Gasteiger partial charge in [0, 0.05) is 16.7 Å². The van der Waals surface area contributed by atoms with Crippen LogP contribution in [0.4, 0.5) is 0 Å². The third kappa shape index (κ3) is 3.17. The number of nitrogens with two attached hydrogens (primary N) is 1. The second-order valence-corrected chi connectivity index (χ2v) is 4.59. The number of aliphatic hydroxyl groups is 1. The first-order valence-electron chi connectivity index (χ1n) is 4.44. The van der Waals surface area contributed by atoms with Crippen LogP contribution in [-0.2, 0) is 0 Å². The standard InChI is InChI=1S/C10H14ClNOS/c1-7(12)8-2-3-10(9(11)6-8)14-5-4-13/h2-3,6-7,13H,4-5,12H2,1H3/t7-/m0/s1. The number of hydrogen-bond donors (Lipinski definition) is 2. The Hall–Kier alpha value is -0.220. The molecule has 0 unspecified atom stereocenters. The van der Waals surface area contributed by atoms with Gasteiger partial charge in [0.05, 0.1) is 11.6 Å². The first kappa shape index (κ1) is 11.9. The smallest absolute Gasteiger partial charge is 0.0545 e. The predicted octanol–water partition coefficient (Wildman–Crippen LogP) is 2.44. The maximum Gasteiger partial charge on any atom is 0.0545 e. The Kier molecular flexibility index (Phi) is 4.75. The van der Waals surface area contributed by atoms with Gasteiger partial charge in [0.1, 0.15) is 0 Å². The van der Waals surface area contributed by atoms with Crippen molar-refractivity contribution in [2.45, 2.75) is 17.9 Å². The van der Waals surface area contributed by atoms with Crippen LogP contribution in [0.1, 0.15) is 18.5 Å². The van der Waals surface area contributed by atoms with Crippen LogP contribution in [-0.4, -0.2) is 17.5 Å². The average molecular weight is 232 g/mol. The number of halogens is 1. The van der Waals surface area contributed by atoms with Crippen molar-refractivity contribution in [1.82, 2.24) is 0 Å². The molecule has 1 rings (SSSR count). The van der Waals surface area contributed by atoms with Gasteiger partial charge in [-0.15, -0.1) is 11.8 Å². The predicted molar refractivity (Wildman–Crippen MR) is 61.9 cm³/mol. The summed E-state index contributed by atoms with van der Waals surface area (Å²) in [4.78, 5) is 0.991. The molecule has 0 aromatic heterocycles. The molecule has 0 bridgehead atoms. The number of benzene rings is 1. The maximum absolute atomic E-state index is 8.68. The summed E-state index contributed by atoms with van der Waals surface area (Å²) in [5.41, 5.74) is 6.76. The number of hydrogen-bond acceptors (Lipinski definition) is 3. The molecular formula is C10H14ClNOS. The van der Waals surface area contributed by atoms with Gasteiger partial charge in [-0.05, 0) is 24.6 Å². The summed E-state index contributed by atoms with van der Waals surface area (Å²) in [5, 5.41) is 9.38. The highest BCUT2D eigenvalue weighted by Crippen LogP contribution is 2.29. The molecule has 4 heteroatoms. The van der Waals surface area contributed by atoms with Crippen molar-refractivity contribution < 1.29 is 5.11 Å². The van der Waals surface area contributed by atoms with Gasteiger partial charge in [0.2, 0.25) is 0 Å². The first-order chi connectivity index (χ1) is 6.65. The largest absolute Gasteiger partial charge is 0.396 e. The fourth-order valence-electron chi connectivity index (χ4n) is 1.07. The molecule has 0 spiro atoms. The molecular weight excluding hydrogens is 218 g/mol.